The standard InChI is InChI=1S/C19H23N3O4S2/c1-4-10-22-18(24)15-7-5-6-8-16(15)20-19(22)27-13(2)17(23)21(3)14-9-11-28(25,26)12-14/h4-8,13-14H,1,9-12H2,2-3H3/t13-,14+/m1/s1. The van der Waals surface area contributed by atoms with Crippen LogP contribution >= 0.6 is 11.8 Å². The molecule has 0 bridgehead atoms. The zero-order chi connectivity index (χ0) is 20.5. The lowest BCUT2D eigenvalue weighted by Crippen LogP contribution is -2.42. The SMILES string of the molecule is C=CCn1c(S[C@H](C)C(=O)N(C)[C@H]2CCS(=O)(=O)C2)nc2ccccc2c1=O. The first-order valence-corrected chi connectivity index (χ1v) is 11.7. The molecule has 0 aliphatic carbocycles. The average Bonchev–Trinajstić information content (AvgIpc) is 3.03. The molecule has 1 aromatic heterocycles. The summed E-state index contributed by atoms with van der Waals surface area (Å²) in [5, 5.41) is 0.440. The molecular formula is C19H23N3O4S2. The molecule has 2 atom stereocenters. The molecule has 0 radical (unpaired) electrons. The van der Waals surface area contributed by atoms with E-state index >= 15 is 0 Å². The second kappa shape index (κ2) is 8.08. The van der Waals surface area contributed by atoms with Gasteiger partial charge < -0.3 is 4.90 Å². The summed E-state index contributed by atoms with van der Waals surface area (Å²) in [4.78, 5) is 31.7. The Balaban J connectivity index is 1.86. The van der Waals surface area contributed by atoms with E-state index in [0.717, 1.165) is 0 Å². The van der Waals surface area contributed by atoms with E-state index in [1.54, 1.807) is 38.2 Å². The van der Waals surface area contributed by atoms with Gasteiger partial charge in [0.05, 0.1) is 27.7 Å². The van der Waals surface area contributed by atoms with Gasteiger partial charge in [0, 0.05) is 19.6 Å². The van der Waals surface area contributed by atoms with Crippen molar-refractivity contribution in [2.24, 2.45) is 0 Å². The molecule has 2 heterocycles. The monoisotopic (exact) mass is 421 g/mol. The minimum Gasteiger partial charge on any atom is -0.341 e. The topological polar surface area (TPSA) is 89.3 Å². The summed E-state index contributed by atoms with van der Waals surface area (Å²) in [7, 11) is -1.44. The fraction of sp³-hybridized carbons (Fsp3) is 0.421. The summed E-state index contributed by atoms with van der Waals surface area (Å²) in [6, 6.07) is 6.78. The molecular weight excluding hydrogens is 398 g/mol. The smallest absolute Gasteiger partial charge is 0.262 e. The highest BCUT2D eigenvalue weighted by atomic mass is 32.2. The van der Waals surface area contributed by atoms with Crippen molar-refractivity contribution in [2.45, 2.75) is 36.3 Å². The number of nitrogens with zero attached hydrogens (tertiary/aromatic N) is 3. The van der Waals surface area contributed by atoms with Gasteiger partial charge in [-0.25, -0.2) is 13.4 Å². The second-order valence-corrected chi connectivity index (χ2v) is 10.4. The number of amides is 1. The zero-order valence-corrected chi connectivity index (χ0v) is 17.5. The third-order valence-electron chi connectivity index (χ3n) is 4.87. The van der Waals surface area contributed by atoms with E-state index < -0.39 is 15.1 Å². The number of benzene rings is 1. The Morgan fingerprint density at radius 3 is 2.82 bits per heavy atom. The zero-order valence-electron chi connectivity index (χ0n) is 15.9. The second-order valence-electron chi connectivity index (χ2n) is 6.88. The molecule has 7 nitrogen and oxygen atoms in total. The van der Waals surface area contributed by atoms with Crippen LogP contribution in [-0.2, 0) is 21.2 Å². The van der Waals surface area contributed by atoms with Crippen molar-refractivity contribution >= 4 is 38.4 Å². The minimum atomic E-state index is -3.07. The lowest BCUT2D eigenvalue weighted by molar-refractivity contribution is -0.130. The molecule has 1 aromatic carbocycles. The molecule has 9 heteroatoms. The number of carbonyl (C=O) groups is 1. The van der Waals surface area contributed by atoms with Gasteiger partial charge in [0.15, 0.2) is 15.0 Å². The molecule has 1 amide bonds. The number of thioether (sulfide) groups is 1. The maximum absolute atomic E-state index is 12.8. The number of hydrogen-bond donors (Lipinski definition) is 0. The van der Waals surface area contributed by atoms with E-state index in [9.17, 15) is 18.0 Å². The Labute approximate surface area is 168 Å². The maximum atomic E-state index is 12.8. The van der Waals surface area contributed by atoms with Crippen LogP contribution in [0.1, 0.15) is 13.3 Å². The first-order valence-electron chi connectivity index (χ1n) is 8.97. The number of fused-ring (bicyclic) bond motifs is 1. The van der Waals surface area contributed by atoms with Gasteiger partial charge in [-0.2, -0.15) is 0 Å². The molecule has 1 saturated heterocycles. The summed E-state index contributed by atoms with van der Waals surface area (Å²) in [5.74, 6) is -0.0658. The Morgan fingerprint density at radius 1 is 1.46 bits per heavy atom. The van der Waals surface area contributed by atoms with Crippen LogP contribution in [0.15, 0.2) is 46.9 Å². The molecule has 1 aliphatic heterocycles. The third kappa shape index (κ3) is 4.15. The van der Waals surface area contributed by atoms with E-state index in [0.29, 0.717) is 22.5 Å². The van der Waals surface area contributed by atoms with E-state index in [2.05, 4.69) is 11.6 Å². The van der Waals surface area contributed by atoms with Gasteiger partial charge in [-0.05, 0) is 25.5 Å². The van der Waals surface area contributed by atoms with Crippen molar-refractivity contribution in [3.8, 4) is 0 Å². The summed E-state index contributed by atoms with van der Waals surface area (Å²) >= 11 is 1.20. The molecule has 1 fully saturated rings. The highest BCUT2D eigenvalue weighted by Gasteiger charge is 2.34. The number of carbonyl (C=O) groups excluding carboxylic acids is 1. The number of para-hydroxylation sites is 1. The number of sulfone groups is 1. The lowest BCUT2D eigenvalue weighted by atomic mass is 10.2. The molecule has 150 valence electrons. The molecule has 2 aromatic rings. The molecule has 0 N–H and O–H groups in total. The first-order chi connectivity index (χ1) is 13.2. The maximum Gasteiger partial charge on any atom is 0.262 e. The normalized spacial score (nSPS) is 19.4. The van der Waals surface area contributed by atoms with Crippen LogP contribution < -0.4 is 5.56 Å². The predicted molar refractivity (Wildman–Crippen MR) is 111 cm³/mol. The van der Waals surface area contributed by atoms with E-state index in [1.807, 2.05) is 6.07 Å². The van der Waals surface area contributed by atoms with Gasteiger partial charge in [0.25, 0.3) is 5.56 Å². The molecule has 0 spiro atoms. The van der Waals surface area contributed by atoms with Crippen molar-refractivity contribution in [3.05, 3.63) is 47.3 Å². The van der Waals surface area contributed by atoms with Gasteiger partial charge in [-0.1, -0.05) is 30.0 Å². The van der Waals surface area contributed by atoms with Crippen LogP contribution in [0.3, 0.4) is 0 Å². The van der Waals surface area contributed by atoms with Crippen LogP contribution in [-0.4, -0.2) is 58.6 Å². The number of aromatic nitrogens is 2. The van der Waals surface area contributed by atoms with Crippen LogP contribution in [0.2, 0.25) is 0 Å². The van der Waals surface area contributed by atoms with Gasteiger partial charge in [-0.15, -0.1) is 6.58 Å². The van der Waals surface area contributed by atoms with Crippen LogP contribution in [0.4, 0.5) is 0 Å². The Morgan fingerprint density at radius 2 is 2.18 bits per heavy atom. The Hall–Kier alpha value is -2.13. The van der Waals surface area contributed by atoms with Gasteiger partial charge in [-0.3, -0.25) is 14.2 Å². The van der Waals surface area contributed by atoms with Crippen molar-refractivity contribution in [1.82, 2.24) is 14.5 Å². The van der Waals surface area contributed by atoms with Crippen LogP contribution in [0.5, 0.6) is 0 Å². The number of allylic oxidation sites excluding steroid dienone is 1. The quantitative estimate of drug-likeness (QED) is 0.401. The molecule has 3 rings (SSSR count). The van der Waals surface area contributed by atoms with Gasteiger partial charge >= 0.3 is 0 Å². The van der Waals surface area contributed by atoms with Crippen molar-refractivity contribution in [2.75, 3.05) is 18.6 Å². The first kappa shape index (κ1) is 20.6. The molecule has 0 unspecified atom stereocenters. The van der Waals surface area contributed by atoms with Crippen molar-refractivity contribution < 1.29 is 13.2 Å². The summed E-state index contributed by atoms with van der Waals surface area (Å²) in [5.41, 5.74) is 0.396. The Bertz CT molecular complexity index is 1080. The molecule has 0 saturated carbocycles. The van der Waals surface area contributed by atoms with Gasteiger partial charge in [0.2, 0.25) is 5.91 Å². The number of hydrogen-bond acceptors (Lipinski definition) is 6. The van der Waals surface area contributed by atoms with E-state index in [4.69, 9.17) is 0 Å². The lowest BCUT2D eigenvalue weighted by Gasteiger charge is -2.26. The summed E-state index contributed by atoms with van der Waals surface area (Å²) in [6.45, 7) is 5.73. The third-order valence-corrected chi connectivity index (χ3v) is 7.70. The van der Waals surface area contributed by atoms with Crippen LogP contribution in [0, 0.1) is 0 Å². The highest BCUT2D eigenvalue weighted by molar-refractivity contribution is 8.00. The van der Waals surface area contributed by atoms with Gasteiger partial charge in [0.1, 0.15) is 0 Å². The van der Waals surface area contributed by atoms with Crippen molar-refractivity contribution in [1.29, 1.82) is 0 Å². The fourth-order valence-electron chi connectivity index (χ4n) is 3.28. The summed E-state index contributed by atoms with van der Waals surface area (Å²) in [6.07, 6.45) is 2.07. The fourth-order valence-corrected chi connectivity index (χ4v) is 6.08. The molecule has 28 heavy (non-hydrogen) atoms. The van der Waals surface area contributed by atoms with E-state index in [-0.39, 0.29) is 35.6 Å². The highest BCUT2D eigenvalue weighted by Crippen LogP contribution is 2.26. The summed E-state index contributed by atoms with van der Waals surface area (Å²) < 4.78 is 24.9. The van der Waals surface area contributed by atoms with E-state index in [1.165, 1.54) is 21.2 Å². The Kier molecular flexibility index (Phi) is 5.95. The minimum absolute atomic E-state index is 0.00201. The predicted octanol–water partition coefficient (Wildman–Crippen LogP) is 1.71. The van der Waals surface area contributed by atoms with Crippen molar-refractivity contribution in [3.63, 3.8) is 0 Å². The molecule has 1 aliphatic rings. The number of rotatable bonds is 6. The van der Waals surface area contributed by atoms with Crippen LogP contribution in [0.25, 0.3) is 10.9 Å². The average molecular weight is 422 g/mol. The largest absolute Gasteiger partial charge is 0.341 e.